The zero-order valence-electron chi connectivity index (χ0n) is 15.7. The second-order valence-electron chi connectivity index (χ2n) is 7.47. The van der Waals surface area contributed by atoms with Crippen molar-refractivity contribution in [3.05, 3.63) is 53.1 Å². The summed E-state index contributed by atoms with van der Waals surface area (Å²) in [6.07, 6.45) is 6.38. The number of rotatable bonds is 5. The zero-order valence-corrected chi connectivity index (χ0v) is 16.6. The molecule has 2 aromatic rings. The van der Waals surface area contributed by atoms with E-state index in [1.54, 1.807) is 11.3 Å². The first kappa shape index (κ1) is 18.2. The molecule has 1 heterocycles. The molecule has 142 valence electrons. The lowest BCUT2D eigenvalue weighted by molar-refractivity contribution is 0.0645. The first-order valence-corrected chi connectivity index (χ1v) is 11.0. The van der Waals surface area contributed by atoms with E-state index < -0.39 is 11.0 Å². The van der Waals surface area contributed by atoms with Gasteiger partial charge in [-0.3, -0.25) is 9.80 Å². The molecule has 1 amide bonds. The lowest BCUT2D eigenvalue weighted by Gasteiger charge is -2.22. The summed E-state index contributed by atoms with van der Waals surface area (Å²) in [6, 6.07) is 12.5. The largest absolute Gasteiger partial charge is 0.305 e. The number of anilines is 1. The molecule has 27 heavy (non-hydrogen) atoms. The Morgan fingerprint density at radius 3 is 2.63 bits per heavy atom. The quantitative estimate of drug-likeness (QED) is 0.826. The molecule has 0 radical (unpaired) electrons. The molecule has 0 aromatic heterocycles. The van der Waals surface area contributed by atoms with E-state index in [4.69, 9.17) is 0 Å². The van der Waals surface area contributed by atoms with Crippen molar-refractivity contribution >= 4 is 22.6 Å². The van der Waals surface area contributed by atoms with Crippen molar-refractivity contribution in [2.24, 2.45) is 0 Å². The Bertz CT molecular complexity index is 906. The fraction of sp³-hybridized carbons (Fsp3) is 0.381. The predicted octanol–water partition coefficient (Wildman–Crippen LogP) is 3.77. The number of hydrogen-bond acceptors (Lipinski definition) is 3. The van der Waals surface area contributed by atoms with Crippen LogP contribution in [0.4, 0.5) is 5.69 Å². The molecular formula is C21H25N3O2S. The van der Waals surface area contributed by atoms with Gasteiger partial charge in [-0.25, -0.2) is 9.63 Å². The fourth-order valence-corrected chi connectivity index (χ4v) is 4.60. The first-order valence-electron chi connectivity index (χ1n) is 9.43. The van der Waals surface area contributed by atoms with Crippen molar-refractivity contribution < 1.29 is 9.00 Å². The summed E-state index contributed by atoms with van der Waals surface area (Å²) < 4.78 is 14.4. The van der Waals surface area contributed by atoms with E-state index in [1.807, 2.05) is 31.2 Å². The van der Waals surface area contributed by atoms with Crippen molar-refractivity contribution in [1.29, 1.82) is 0 Å². The van der Waals surface area contributed by atoms with Crippen LogP contribution in [0.15, 0.2) is 36.4 Å². The molecule has 1 aliphatic carbocycles. The van der Waals surface area contributed by atoms with Crippen molar-refractivity contribution in [3.8, 4) is 11.1 Å². The van der Waals surface area contributed by atoms with Crippen LogP contribution < -0.4 is 10.1 Å². The summed E-state index contributed by atoms with van der Waals surface area (Å²) in [6.45, 7) is 2.61. The van der Waals surface area contributed by atoms with Crippen molar-refractivity contribution in [2.45, 2.75) is 45.2 Å². The van der Waals surface area contributed by atoms with Gasteiger partial charge in [0.15, 0.2) is 0 Å². The summed E-state index contributed by atoms with van der Waals surface area (Å²) in [5.41, 5.74) is 9.28. The lowest BCUT2D eigenvalue weighted by atomic mass is 9.96. The Balaban J connectivity index is 1.61. The molecule has 6 heteroatoms. The van der Waals surface area contributed by atoms with Gasteiger partial charge < -0.3 is 4.72 Å². The molecule has 2 N–H and O–H groups in total. The molecule has 1 saturated carbocycles. The van der Waals surface area contributed by atoms with Crippen LogP contribution in [0, 0.1) is 6.92 Å². The number of aryl methyl sites for hydroxylation is 1. The summed E-state index contributed by atoms with van der Waals surface area (Å²) in [5, 5.41) is 1.79. The third kappa shape index (κ3) is 3.77. The van der Waals surface area contributed by atoms with Crippen LogP contribution in [0.25, 0.3) is 11.1 Å². The molecule has 1 fully saturated rings. The molecule has 2 aromatic carbocycles. The van der Waals surface area contributed by atoms with Gasteiger partial charge in [0.1, 0.15) is 11.0 Å². The van der Waals surface area contributed by atoms with Gasteiger partial charge in [0, 0.05) is 23.5 Å². The number of benzene rings is 2. The molecule has 1 atom stereocenters. The smallest absolute Gasteiger partial charge is 0.268 e. The van der Waals surface area contributed by atoms with Crippen LogP contribution in [0.1, 0.15) is 47.2 Å². The SMILES string of the molecule is Cc1cc(-c2cccc(NS(C)=O)c2)cc2c1C(=O)N(NC1CCCC1)C2. The third-order valence-corrected chi connectivity index (χ3v) is 5.88. The Morgan fingerprint density at radius 1 is 1.11 bits per heavy atom. The maximum atomic E-state index is 12.8. The molecule has 0 bridgehead atoms. The van der Waals surface area contributed by atoms with Gasteiger partial charge in [0.25, 0.3) is 5.91 Å². The van der Waals surface area contributed by atoms with E-state index in [9.17, 15) is 9.00 Å². The highest BCUT2D eigenvalue weighted by atomic mass is 32.2. The Kier molecular flexibility index (Phi) is 5.02. The van der Waals surface area contributed by atoms with Crippen molar-refractivity contribution in [1.82, 2.24) is 10.4 Å². The van der Waals surface area contributed by atoms with Crippen LogP contribution in [-0.2, 0) is 17.5 Å². The van der Waals surface area contributed by atoms with E-state index in [1.165, 1.54) is 12.8 Å². The third-order valence-electron chi connectivity index (χ3n) is 5.36. The van der Waals surface area contributed by atoms with Crippen LogP contribution in [-0.4, -0.2) is 27.4 Å². The van der Waals surface area contributed by atoms with Gasteiger partial charge in [-0.05, 0) is 60.2 Å². The molecule has 1 aliphatic heterocycles. The number of hydrogen-bond donors (Lipinski definition) is 2. The minimum absolute atomic E-state index is 0.0812. The van der Waals surface area contributed by atoms with Crippen LogP contribution in [0.3, 0.4) is 0 Å². The maximum absolute atomic E-state index is 12.8. The van der Waals surface area contributed by atoms with Gasteiger partial charge in [-0.15, -0.1) is 0 Å². The van der Waals surface area contributed by atoms with Gasteiger partial charge in [-0.1, -0.05) is 31.0 Å². The standard InChI is InChI=1S/C21H25N3O2S/c1-14-10-16(15-6-5-9-19(12-15)23-27(2)26)11-17-13-24(21(25)20(14)17)22-18-7-3-4-8-18/h5-6,9-12,18,22-23H,3-4,7-8,13H2,1-2H3. The summed E-state index contributed by atoms with van der Waals surface area (Å²) in [4.78, 5) is 12.8. The van der Waals surface area contributed by atoms with E-state index >= 15 is 0 Å². The Labute approximate surface area is 162 Å². The van der Waals surface area contributed by atoms with E-state index in [-0.39, 0.29) is 5.91 Å². The highest BCUT2D eigenvalue weighted by molar-refractivity contribution is 7.85. The highest BCUT2D eigenvalue weighted by Crippen LogP contribution is 2.32. The molecule has 2 aliphatic rings. The average Bonchev–Trinajstić information content (AvgIpc) is 3.23. The molecule has 0 spiro atoms. The summed E-state index contributed by atoms with van der Waals surface area (Å²) >= 11 is 0. The maximum Gasteiger partial charge on any atom is 0.268 e. The number of carbonyl (C=O) groups excluding carboxylic acids is 1. The minimum atomic E-state index is -1.11. The number of fused-ring (bicyclic) bond motifs is 1. The van der Waals surface area contributed by atoms with Crippen molar-refractivity contribution in [3.63, 3.8) is 0 Å². The van der Waals surface area contributed by atoms with Gasteiger partial charge in [0.2, 0.25) is 0 Å². The molecule has 5 nitrogen and oxygen atoms in total. The van der Waals surface area contributed by atoms with Crippen molar-refractivity contribution in [2.75, 3.05) is 11.0 Å². The Morgan fingerprint density at radius 2 is 1.89 bits per heavy atom. The average molecular weight is 384 g/mol. The second kappa shape index (κ2) is 7.44. The topological polar surface area (TPSA) is 61.4 Å². The zero-order chi connectivity index (χ0) is 19.0. The van der Waals surface area contributed by atoms with Crippen LogP contribution in [0.2, 0.25) is 0 Å². The normalized spacial score (nSPS) is 18.0. The number of amides is 1. The monoisotopic (exact) mass is 383 g/mol. The number of hydrazine groups is 1. The second-order valence-corrected chi connectivity index (χ2v) is 8.58. The summed E-state index contributed by atoms with van der Waals surface area (Å²) in [7, 11) is -1.11. The lowest BCUT2D eigenvalue weighted by Crippen LogP contribution is -2.43. The number of nitrogens with one attached hydrogen (secondary N) is 2. The number of nitrogens with zero attached hydrogens (tertiary/aromatic N) is 1. The molecule has 1 unspecified atom stereocenters. The van der Waals surface area contributed by atoms with Gasteiger partial charge >= 0.3 is 0 Å². The van der Waals surface area contributed by atoms with E-state index in [0.717, 1.165) is 46.3 Å². The van der Waals surface area contributed by atoms with Gasteiger partial charge in [-0.2, -0.15) is 0 Å². The highest BCUT2D eigenvalue weighted by Gasteiger charge is 2.31. The fourth-order valence-electron chi connectivity index (χ4n) is 4.14. The molecule has 0 saturated heterocycles. The Hall–Kier alpha value is -2.18. The van der Waals surface area contributed by atoms with E-state index in [0.29, 0.717) is 12.6 Å². The predicted molar refractivity (Wildman–Crippen MR) is 110 cm³/mol. The number of carbonyl (C=O) groups is 1. The van der Waals surface area contributed by atoms with Crippen LogP contribution in [0.5, 0.6) is 0 Å². The molecular weight excluding hydrogens is 358 g/mol. The molecule has 4 rings (SSSR count). The van der Waals surface area contributed by atoms with Crippen LogP contribution >= 0.6 is 0 Å². The minimum Gasteiger partial charge on any atom is -0.305 e. The first-order chi connectivity index (χ1) is 13.0. The van der Waals surface area contributed by atoms with E-state index in [2.05, 4.69) is 22.3 Å². The van der Waals surface area contributed by atoms with Gasteiger partial charge in [0.05, 0.1) is 6.54 Å². The summed E-state index contributed by atoms with van der Waals surface area (Å²) in [5.74, 6) is 0.0812.